The largest absolute Gasteiger partial charge is 0.360 e. The van der Waals surface area contributed by atoms with Gasteiger partial charge in [0.2, 0.25) is 0 Å². The van der Waals surface area contributed by atoms with Crippen LogP contribution in [0.15, 0.2) is 22.7 Å². The summed E-state index contributed by atoms with van der Waals surface area (Å²) in [6.07, 6.45) is 0.719. The average Bonchev–Trinajstić information content (AvgIpc) is 2.57. The fourth-order valence-corrected chi connectivity index (χ4v) is 1.38. The minimum Gasteiger partial charge on any atom is -0.360 e. The summed E-state index contributed by atoms with van der Waals surface area (Å²) >= 11 is 0. The molecule has 0 spiro atoms. The molecule has 0 atom stereocenters. The monoisotopic (exact) mass is 194 g/mol. The van der Waals surface area contributed by atoms with E-state index in [0.717, 1.165) is 24.1 Å². The second-order valence-electron chi connectivity index (χ2n) is 3.12. The Hall–Kier alpha value is -1.42. The van der Waals surface area contributed by atoms with Gasteiger partial charge >= 0.3 is 0 Å². The number of likely N-dealkylation sites (N-methyl/N-ethyl adjacent to an activating group) is 1. The predicted octanol–water partition coefficient (Wildman–Crippen LogP) is 1.73. The molecule has 0 aliphatic carbocycles. The first kappa shape index (κ1) is 9.15. The molecule has 0 amide bonds. The zero-order chi connectivity index (χ0) is 9.97. The number of aromatic nitrogens is 1. The van der Waals surface area contributed by atoms with Crippen LogP contribution < -0.4 is 5.32 Å². The topological polar surface area (TPSA) is 38.1 Å². The number of fused-ring (bicyclic) bond motifs is 1. The molecule has 0 unspecified atom stereocenters. The molecule has 3 nitrogen and oxygen atoms in total. The van der Waals surface area contributed by atoms with Crippen molar-refractivity contribution in [2.24, 2.45) is 0 Å². The zero-order valence-corrected chi connectivity index (χ0v) is 7.88. The lowest BCUT2D eigenvalue weighted by molar-refractivity contribution is 0.390. The van der Waals surface area contributed by atoms with Crippen LogP contribution in [0.25, 0.3) is 10.9 Å². The summed E-state index contributed by atoms with van der Waals surface area (Å²) in [6.45, 7) is 0.792. The molecule has 0 saturated heterocycles. The lowest BCUT2D eigenvalue weighted by atomic mass is 10.2. The number of nitrogens with zero attached hydrogens (tertiary/aromatic N) is 1. The van der Waals surface area contributed by atoms with E-state index < -0.39 is 0 Å². The van der Waals surface area contributed by atoms with Crippen molar-refractivity contribution < 1.29 is 8.91 Å². The lowest BCUT2D eigenvalue weighted by Gasteiger charge is -1.95. The molecule has 74 valence electrons. The Morgan fingerprint density at radius 2 is 2.36 bits per heavy atom. The summed E-state index contributed by atoms with van der Waals surface area (Å²) in [5, 5.41) is 7.61. The number of rotatable bonds is 3. The second kappa shape index (κ2) is 3.75. The van der Waals surface area contributed by atoms with Crippen molar-refractivity contribution in [1.82, 2.24) is 10.5 Å². The Morgan fingerprint density at radius 1 is 1.50 bits per heavy atom. The second-order valence-corrected chi connectivity index (χ2v) is 3.12. The number of halogens is 1. The molecule has 1 N–H and O–H groups in total. The van der Waals surface area contributed by atoms with Gasteiger partial charge in [0.25, 0.3) is 0 Å². The maximum atomic E-state index is 12.9. The van der Waals surface area contributed by atoms with Gasteiger partial charge < -0.3 is 9.84 Å². The van der Waals surface area contributed by atoms with Gasteiger partial charge in [-0.2, -0.15) is 0 Å². The molecular weight excluding hydrogens is 183 g/mol. The van der Waals surface area contributed by atoms with E-state index in [0.29, 0.717) is 5.52 Å². The third-order valence-corrected chi connectivity index (χ3v) is 2.12. The Balaban J connectivity index is 2.40. The lowest BCUT2D eigenvalue weighted by Crippen LogP contribution is -2.09. The van der Waals surface area contributed by atoms with Gasteiger partial charge in [-0.3, -0.25) is 0 Å². The molecule has 1 aromatic carbocycles. The van der Waals surface area contributed by atoms with Crippen molar-refractivity contribution in [2.75, 3.05) is 13.6 Å². The Labute approximate surface area is 80.9 Å². The van der Waals surface area contributed by atoms with Gasteiger partial charge in [-0.1, -0.05) is 5.16 Å². The molecule has 0 saturated carbocycles. The van der Waals surface area contributed by atoms with Crippen LogP contribution in [0.3, 0.4) is 0 Å². The van der Waals surface area contributed by atoms with Crippen LogP contribution in [-0.4, -0.2) is 18.7 Å². The van der Waals surface area contributed by atoms with E-state index in [4.69, 9.17) is 4.52 Å². The van der Waals surface area contributed by atoms with E-state index in [1.807, 2.05) is 7.05 Å². The molecule has 4 heteroatoms. The van der Waals surface area contributed by atoms with Crippen LogP contribution >= 0.6 is 0 Å². The van der Waals surface area contributed by atoms with Gasteiger partial charge in [0.15, 0.2) is 0 Å². The van der Waals surface area contributed by atoms with Crippen molar-refractivity contribution in [3.63, 3.8) is 0 Å². The van der Waals surface area contributed by atoms with Gasteiger partial charge in [-0.15, -0.1) is 0 Å². The minimum atomic E-state index is -0.258. The fourth-order valence-electron chi connectivity index (χ4n) is 1.38. The van der Waals surface area contributed by atoms with Gasteiger partial charge in [0.1, 0.15) is 17.1 Å². The highest BCUT2D eigenvalue weighted by atomic mass is 19.1. The molecule has 0 fully saturated rings. The van der Waals surface area contributed by atoms with Crippen molar-refractivity contribution in [2.45, 2.75) is 6.42 Å². The predicted molar refractivity (Wildman–Crippen MR) is 51.6 cm³/mol. The van der Waals surface area contributed by atoms with Crippen LogP contribution in [0.2, 0.25) is 0 Å². The quantitative estimate of drug-likeness (QED) is 0.808. The zero-order valence-electron chi connectivity index (χ0n) is 7.88. The maximum Gasteiger partial charge on any atom is 0.145 e. The normalized spacial score (nSPS) is 11.0. The van der Waals surface area contributed by atoms with E-state index >= 15 is 0 Å². The van der Waals surface area contributed by atoms with Crippen LogP contribution in [-0.2, 0) is 6.42 Å². The summed E-state index contributed by atoms with van der Waals surface area (Å²) in [4.78, 5) is 0. The number of hydrogen-bond acceptors (Lipinski definition) is 3. The first-order valence-electron chi connectivity index (χ1n) is 4.49. The fraction of sp³-hybridized carbons (Fsp3) is 0.300. The molecule has 14 heavy (non-hydrogen) atoms. The van der Waals surface area contributed by atoms with E-state index in [-0.39, 0.29) is 5.82 Å². The van der Waals surface area contributed by atoms with Gasteiger partial charge in [0, 0.05) is 18.4 Å². The highest BCUT2D eigenvalue weighted by molar-refractivity contribution is 5.80. The van der Waals surface area contributed by atoms with E-state index in [1.54, 1.807) is 6.07 Å². The van der Waals surface area contributed by atoms with Crippen LogP contribution in [0, 0.1) is 5.82 Å². The molecular formula is C10H11FN2O. The third-order valence-electron chi connectivity index (χ3n) is 2.12. The van der Waals surface area contributed by atoms with Gasteiger partial charge in [-0.05, 0) is 25.2 Å². The van der Waals surface area contributed by atoms with Crippen molar-refractivity contribution in [3.05, 3.63) is 29.8 Å². The average molecular weight is 194 g/mol. The molecule has 0 aliphatic heterocycles. The maximum absolute atomic E-state index is 12.9. The van der Waals surface area contributed by atoms with Crippen molar-refractivity contribution in [3.8, 4) is 0 Å². The number of benzene rings is 1. The molecule has 2 aromatic rings. The van der Waals surface area contributed by atoms with Crippen molar-refractivity contribution in [1.29, 1.82) is 0 Å². The smallest absolute Gasteiger partial charge is 0.145 e. The highest BCUT2D eigenvalue weighted by Crippen LogP contribution is 2.19. The summed E-state index contributed by atoms with van der Waals surface area (Å²) < 4.78 is 18.0. The minimum absolute atomic E-state index is 0.258. The standard InChI is InChI=1S/C10H11FN2O/c1-12-5-4-10-8-6-7(11)2-3-9(8)13-14-10/h2-3,6,12H,4-5H2,1H3. The Kier molecular flexibility index (Phi) is 2.45. The molecule has 0 aliphatic rings. The molecule has 1 heterocycles. The highest BCUT2D eigenvalue weighted by Gasteiger charge is 2.07. The van der Waals surface area contributed by atoms with Crippen LogP contribution in [0.1, 0.15) is 5.76 Å². The third kappa shape index (κ3) is 1.61. The van der Waals surface area contributed by atoms with Crippen LogP contribution in [0.4, 0.5) is 4.39 Å². The summed E-state index contributed by atoms with van der Waals surface area (Å²) in [5.74, 6) is 0.472. The molecule has 2 rings (SSSR count). The van der Waals surface area contributed by atoms with E-state index in [2.05, 4.69) is 10.5 Å². The van der Waals surface area contributed by atoms with E-state index in [1.165, 1.54) is 12.1 Å². The number of hydrogen-bond donors (Lipinski definition) is 1. The van der Waals surface area contributed by atoms with E-state index in [9.17, 15) is 4.39 Å². The van der Waals surface area contributed by atoms with Gasteiger partial charge in [-0.25, -0.2) is 4.39 Å². The summed E-state index contributed by atoms with van der Waals surface area (Å²) in [5.41, 5.74) is 0.706. The first-order valence-corrected chi connectivity index (χ1v) is 4.49. The Bertz CT molecular complexity index is 439. The number of nitrogens with one attached hydrogen (secondary N) is 1. The van der Waals surface area contributed by atoms with Crippen LogP contribution in [0.5, 0.6) is 0 Å². The van der Waals surface area contributed by atoms with Gasteiger partial charge in [0.05, 0.1) is 0 Å². The molecule has 1 aromatic heterocycles. The van der Waals surface area contributed by atoms with Crippen molar-refractivity contribution >= 4 is 10.9 Å². The summed E-state index contributed by atoms with van der Waals surface area (Å²) in [7, 11) is 1.86. The SMILES string of the molecule is CNCCc1onc2ccc(F)cc12. The Morgan fingerprint density at radius 3 is 3.14 bits per heavy atom. The molecule has 0 radical (unpaired) electrons. The molecule has 0 bridgehead atoms. The summed E-state index contributed by atoms with van der Waals surface area (Å²) in [6, 6.07) is 4.46. The first-order chi connectivity index (χ1) is 6.81.